The van der Waals surface area contributed by atoms with Gasteiger partial charge in [-0.25, -0.2) is 9.97 Å². The van der Waals surface area contributed by atoms with Crippen LogP contribution in [0.3, 0.4) is 0 Å². The second-order valence-corrected chi connectivity index (χ2v) is 9.98. The van der Waals surface area contributed by atoms with Gasteiger partial charge in [-0.15, -0.1) is 11.3 Å². The number of carbonyl (C=O) groups excluding carboxylic acids is 1. The molecule has 1 aromatic carbocycles. The Morgan fingerprint density at radius 1 is 1.14 bits per heavy atom. The second-order valence-electron chi connectivity index (χ2n) is 8.84. The predicted molar refractivity (Wildman–Crippen MR) is 138 cm³/mol. The maximum atomic E-state index is 11.9. The molecule has 1 N–H and O–H groups in total. The number of carbonyl (C=O) groups is 1. The molecule has 0 bridgehead atoms. The van der Waals surface area contributed by atoms with Crippen molar-refractivity contribution in [2.24, 2.45) is 0 Å². The number of hydrogen-bond acceptors (Lipinski definition) is 8. The molecular weight excluding hydrogens is 462 g/mol. The zero-order valence-electron chi connectivity index (χ0n) is 19.4. The summed E-state index contributed by atoms with van der Waals surface area (Å²) in [6.45, 7) is 10.6. The van der Waals surface area contributed by atoms with E-state index in [0.29, 0.717) is 19.0 Å². The molecule has 5 heterocycles. The van der Waals surface area contributed by atoms with E-state index in [0.717, 1.165) is 78.3 Å². The molecule has 2 aliphatic rings. The molecule has 2 fully saturated rings. The summed E-state index contributed by atoms with van der Waals surface area (Å²) in [6, 6.07) is 8.28. The van der Waals surface area contributed by atoms with Gasteiger partial charge in [0.05, 0.1) is 35.1 Å². The first-order valence-electron chi connectivity index (χ1n) is 11.9. The normalized spacial score (nSPS) is 17.4. The molecule has 4 aromatic rings. The lowest BCUT2D eigenvalue weighted by Gasteiger charge is -2.33. The Kier molecular flexibility index (Phi) is 5.93. The Morgan fingerprint density at radius 3 is 2.77 bits per heavy atom. The molecule has 0 saturated carbocycles. The van der Waals surface area contributed by atoms with Crippen molar-refractivity contribution in [3.8, 4) is 11.4 Å². The molecule has 2 saturated heterocycles. The topological polar surface area (TPSA) is 90.5 Å². The fourth-order valence-corrected chi connectivity index (χ4v) is 5.95. The van der Waals surface area contributed by atoms with E-state index in [9.17, 15) is 4.79 Å². The van der Waals surface area contributed by atoms with Crippen LogP contribution in [0, 0.1) is 0 Å². The van der Waals surface area contributed by atoms with Crippen LogP contribution in [-0.2, 0) is 16.1 Å². The number of piperazine rings is 1. The highest BCUT2D eigenvalue weighted by atomic mass is 32.1. The highest BCUT2D eigenvalue weighted by molar-refractivity contribution is 7.19. The molecule has 1 amide bonds. The number of hydrogen-bond donors (Lipinski definition) is 1. The number of thiophene rings is 1. The van der Waals surface area contributed by atoms with Gasteiger partial charge in [0.1, 0.15) is 0 Å². The summed E-state index contributed by atoms with van der Waals surface area (Å²) in [6.07, 6.45) is 3.23. The van der Waals surface area contributed by atoms with Crippen LogP contribution < -0.4 is 4.90 Å². The molecule has 0 radical (unpaired) electrons. The Balaban J connectivity index is 1.35. The Labute approximate surface area is 207 Å². The SMILES string of the molecule is C=CC(=O)N1CCN(Cc2cc3nc(-c4cccc5[nH]ncc45)nc(N4CCOCC4)c3s2)CC1. The minimum Gasteiger partial charge on any atom is -0.378 e. The van der Waals surface area contributed by atoms with Crippen molar-refractivity contribution in [3.05, 3.63) is 48.0 Å². The van der Waals surface area contributed by atoms with Crippen molar-refractivity contribution in [2.75, 3.05) is 57.4 Å². The molecule has 6 rings (SSSR count). The third kappa shape index (κ3) is 4.29. The number of anilines is 1. The number of benzene rings is 1. The van der Waals surface area contributed by atoms with Crippen LogP contribution in [-0.4, -0.2) is 88.4 Å². The maximum absolute atomic E-state index is 11.9. The number of nitrogens with one attached hydrogen (secondary N) is 1. The van der Waals surface area contributed by atoms with Crippen LogP contribution in [0.2, 0.25) is 0 Å². The molecule has 3 aromatic heterocycles. The second kappa shape index (κ2) is 9.37. The van der Waals surface area contributed by atoms with Gasteiger partial charge in [0.15, 0.2) is 11.6 Å². The summed E-state index contributed by atoms with van der Waals surface area (Å²) in [4.78, 5) is 29.8. The molecule has 180 valence electrons. The van der Waals surface area contributed by atoms with Crippen LogP contribution in [0.4, 0.5) is 5.82 Å². The molecule has 10 heteroatoms. The summed E-state index contributed by atoms with van der Waals surface area (Å²) in [7, 11) is 0. The molecular formula is C25H27N7O2S. The molecule has 0 atom stereocenters. The van der Waals surface area contributed by atoms with E-state index in [1.54, 1.807) is 11.3 Å². The lowest BCUT2D eigenvalue weighted by atomic mass is 10.1. The van der Waals surface area contributed by atoms with E-state index in [1.807, 2.05) is 23.2 Å². The van der Waals surface area contributed by atoms with Crippen molar-refractivity contribution in [1.82, 2.24) is 30.0 Å². The monoisotopic (exact) mass is 489 g/mol. The molecule has 0 aliphatic carbocycles. The van der Waals surface area contributed by atoms with Crippen LogP contribution in [0.25, 0.3) is 32.5 Å². The van der Waals surface area contributed by atoms with Crippen molar-refractivity contribution in [3.63, 3.8) is 0 Å². The lowest BCUT2D eigenvalue weighted by Crippen LogP contribution is -2.47. The molecule has 0 spiro atoms. The number of H-pyrrole nitrogens is 1. The summed E-state index contributed by atoms with van der Waals surface area (Å²) in [5.41, 5.74) is 2.92. The maximum Gasteiger partial charge on any atom is 0.246 e. The number of amides is 1. The molecule has 0 unspecified atom stereocenters. The number of aromatic nitrogens is 4. The van der Waals surface area contributed by atoms with Gasteiger partial charge in [0.2, 0.25) is 5.91 Å². The number of ether oxygens (including phenoxy) is 1. The van der Waals surface area contributed by atoms with E-state index in [1.165, 1.54) is 11.0 Å². The van der Waals surface area contributed by atoms with E-state index in [-0.39, 0.29) is 5.91 Å². The van der Waals surface area contributed by atoms with Gasteiger partial charge < -0.3 is 14.5 Å². The summed E-state index contributed by atoms with van der Waals surface area (Å²) in [5, 5.41) is 8.27. The van der Waals surface area contributed by atoms with Gasteiger partial charge in [0, 0.05) is 61.6 Å². The first-order valence-corrected chi connectivity index (χ1v) is 12.7. The Bertz CT molecular complexity index is 1380. The van der Waals surface area contributed by atoms with Crippen molar-refractivity contribution >= 4 is 44.2 Å². The van der Waals surface area contributed by atoms with Crippen molar-refractivity contribution in [1.29, 1.82) is 0 Å². The first-order chi connectivity index (χ1) is 17.2. The third-order valence-corrected chi connectivity index (χ3v) is 7.78. The molecule has 2 aliphatic heterocycles. The van der Waals surface area contributed by atoms with E-state index >= 15 is 0 Å². The zero-order valence-corrected chi connectivity index (χ0v) is 20.3. The zero-order chi connectivity index (χ0) is 23.8. The highest BCUT2D eigenvalue weighted by Gasteiger charge is 2.23. The van der Waals surface area contributed by atoms with Gasteiger partial charge in [-0.1, -0.05) is 18.7 Å². The average molecular weight is 490 g/mol. The van der Waals surface area contributed by atoms with E-state index in [4.69, 9.17) is 14.7 Å². The third-order valence-electron chi connectivity index (χ3n) is 6.68. The number of rotatable bonds is 5. The fraction of sp³-hybridized carbons (Fsp3) is 0.360. The largest absolute Gasteiger partial charge is 0.378 e. The molecule has 9 nitrogen and oxygen atoms in total. The minimum absolute atomic E-state index is 0.0112. The summed E-state index contributed by atoms with van der Waals surface area (Å²) >= 11 is 1.77. The first kappa shape index (κ1) is 22.1. The lowest BCUT2D eigenvalue weighted by molar-refractivity contribution is -0.127. The average Bonchev–Trinajstić information content (AvgIpc) is 3.55. The van der Waals surface area contributed by atoms with Gasteiger partial charge in [-0.05, 0) is 18.2 Å². The van der Waals surface area contributed by atoms with Crippen LogP contribution in [0.15, 0.2) is 43.1 Å². The van der Waals surface area contributed by atoms with E-state index < -0.39 is 0 Å². The summed E-state index contributed by atoms with van der Waals surface area (Å²) in [5.74, 6) is 1.70. The highest BCUT2D eigenvalue weighted by Crippen LogP contribution is 2.36. The van der Waals surface area contributed by atoms with Gasteiger partial charge in [-0.2, -0.15) is 5.10 Å². The minimum atomic E-state index is 0.0112. The quantitative estimate of drug-likeness (QED) is 0.431. The standard InChI is InChI=1S/C25H27N7O2S/c1-2-22(33)31-8-6-30(7-9-31)16-17-14-21-23(35-17)25(32-10-12-34-13-11-32)28-24(27-21)18-4-3-5-20-19(18)15-26-29-20/h2-5,14-15H,1,6-13,16H2,(H,26,29). The van der Waals surface area contributed by atoms with Gasteiger partial charge in [0.25, 0.3) is 0 Å². The predicted octanol–water partition coefficient (Wildman–Crippen LogP) is 2.90. The Morgan fingerprint density at radius 2 is 1.97 bits per heavy atom. The van der Waals surface area contributed by atoms with Crippen LogP contribution in [0.1, 0.15) is 4.88 Å². The van der Waals surface area contributed by atoms with Crippen LogP contribution >= 0.6 is 11.3 Å². The van der Waals surface area contributed by atoms with Gasteiger partial charge >= 0.3 is 0 Å². The van der Waals surface area contributed by atoms with E-state index in [2.05, 4.69) is 38.7 Å². The summed E-state index contributed by atoms with van der Waals surface area (Å²) < 4.78 is 6.72. The smallest absolute Gasteiger partial charge is 0.246 e. The fourth-order valence-electron chi connectivity index (χ4n) is 4.79. The number of aromatic amines is 1. The number of nitrogens with zero attached hydrogens (tertiary/aromatic N) is 6. The van der Waals surface area contributed by atoms with Crippen molar-refractivity contribution in [2.45, 2.75) is 6.54 Å². The number of morpholine rings is 1. The van der Waals surface area contributed by atoms with Gasteiger partial charge in [-0.3, -0.25) is 14.8 Å². The van der Waals surface area contributed by atoms with Crippen molar-refractivity contribution < 1.29 is 9.53 Å². The number of fused-ring (bicyclic) bond motifs is 2. The molecule has 35 heavy (non-hydrogen) atoms. The Hall–Kier alpha value is -3.34. The van der Waals surface area contributed by atoms with Crippen LogP contribution in [0.5, 0.6) is 0 Å².